The van der Waals surface area contributed by atoms with E-state index in [1.807, 2.05) is 25.1 Å². The van der Waals surface area contributed by atoms with Crippen LogP contribution in [0.4, 0.5) is 0 Å². The normalized spacial score (nSPS) is 10.2. The number of ether oxygens (including phenoxy) is 1. The number of nitriles is 1. The van der Waals surface area contributed by atoms with Gasteiger partial charge in [0.15, 0.2) is 0 Å². The fourth-order valence-electron chi connectivity index (χ4n) is 1.66. The molecule has 0 atom stereocenters. The molecule has 0 saturated carbocycles. The number of methoxy groups -OCH3 is 1. The van der Waals surface area contributed by atoms with Crippen LogP contribution >= 0.6 is 0 Å². The van der Waals surface area contributed by atoms with Crippen LogP contribution in [0.1, 0.15) is 12.6 Å². The number of aryl methyl sites for hydroxylation is 1. The Morgan fingerprint density at radius 2 is 2.33 bits per heavy atom. The van der Waals surface area contributed by atoms with Crippen molar-refractivity contribution in [2.24, 2.45) is 0 Å². The molecule has 15 heavy (non-hydrogen) atoms. The van der Waals surface area contributed by atoms with Crippen molar-refractivity contribution in [3.05, 3.63) is 23.9 Å². The third kappa shape index (κ3) is 1.33. The Morgan fingerprint density at radius 3 is 2.93 bits per heavy atom. The Labute approximate surface area is 87.7 Å². The highest BCUT2D eigenvalue weighted by molar-refractivity contribution is 5.89. The van der Waals surface area contributed by atoms with E-state index in [1.165, 1.54) is 0 Å². The Balaban J connectivity index is 2.85. The van der Waals surface area contributed by atoms with Gasteiger partial charge in [-0.1, -0.05) is 6.07 Å². The Hall–Kier alpha value is -2.02. The average Bonchev–Trinajstić information content (AvgIpc) is 2.66. The molecule has 0 aliphatic carbocycles. The van der Waals surface area contributed by atoms with Crippen molar-refractivity contribution in [2.75, 3.05) is 7.11 Å². The molecule has 1 aromatic heterocycles. The van der Waals surface area contributed by atoms with Gasteiger partial charge in [-0.15, -0.1) is 0 Å². The summed E-state index contributed by atoms with van der Waals surface area (Å²) in [7, 11) is 1.60. The minimum absolute atomic E-state index is 0.560. The van der Waals surface area contributed by atoms with Crippen molar-refractivity contribution in [3.63, 3.8) is 0 Å². The molecule has 1 aromatic carbocycles. The molecular weight excluding hydrogens is 190 g/mol. The molecule has 0 radical (unpaired) electrons. The quantitative estimate of drug-likeness (QED) is 0.746. The second kappa shape index (κ2) is 3.62. The van der Waals surface area contributed by atoms with Gasteiger partial charge in [0.05, 0.1) is 18.0 Å². The summed E-state index contributed by atoms with van der Waals surface area (Å²) >= 11 is 0. The van der Waals surface area contributed by atoms with Gasteiger partial charge in [-0.3, -0.25) is 4.68 Å². The van der Waals surface area contributed by atoms with Crippen LogP contribution < -0.4 is 4.74 Å². The molecule has 1 heterocycles. The third-order valence-electron chi connectivity index (χ3n) is 2.35. The first-order valence-corrected chi connectivity index (χ1v) is 4.75. The second-order valence-corrected chi connectivity index (χ2v) is 3.13. The van der Waals surface area contributed by atoms with Gasteiger partial charge in [-0.05, 0) is 19.1 Å². The van der Waals surface area contributed by atoms with Gasteiger partial charge in [0.1, 0.15) is 17.5 Å². The van der Waals surface area contributed by atoms with Crippen LogP contribution in [0.3, 0.4) is 0 Å². The van der Waals surface area contributed by atoms with Gasteiger partial charge in [0.2, 0.25) is 0 Å². The molecule has 0 unspecified atom stereocenters. The largest absolute Gasteiger partial charge is 0.496 e. The van der Waals surface area contributed by atoms with E-state index in [-0.39, 0.29) is 0 Å². The zero-order valence-corrected chi connectivity index (χ0v) is 8.69. The topological polar surface area (TPSA) is 50.8 Å². The van der Waals surface area contributed by atoms with E-state index in [9.17, 15) is 0 Å². The van der Waals surface area contributed by atoms with Crippen molar-refractivity contribution in [1.82, 2.24) is 9.78 Å². The van der Waals surface area contributed by atoms with Crippen molar-refractivity contribution in [1.29, 1.82) is 5.26 Å². The predicted octanol–water partition coefficient (Wildman–Crippen LogP) is 1.94. The fraction of sp³-hybridized carbons (Fsp3) is 0.273. The van der Waals surface area contributed by atoms with Gasteiger partial charge < -0.3 is 4.74 Å². The van der Waals surface area contributed by atoms with Crippen LogP contribution in [-0.2, 0) is 6.54 Å². The van der Waals surface area contributed by atoms with Crippen molar-refractivity contribution < 1.29 is 4.74 Å². The zero-order valence-electron chi connectivity index (χ0n) is 8.69. The van der Waals surface area contributed by atoms with E-state index in [0.717, 1.165) is 10.9 Å². The highest BCUT2D eigenvalue weighted by atomic mass is 16.5. The van der Waals surface area contributed by atoms with Crippen molar-refractivity contribution in [2.45, 2.75) is 13.5 Å². The maximum atomic E-state index is 9.09. The maximum Gasteiger partial charge on any atom is 0.150 e. The van der Waals surface area contributed by atoms with Crippen LogP contribution in [0.15, 0.2) is 18.2 Å². The lowest BCUT2D eigenvalue weighted by Gasteiger charge is -2.00. The van der Waals surface area contributed by atoms with Crippen LogP contribution in [0.2, 0.25) is 0 Å². The summed E-state index contributed by atoms with van der Waals surface area (Å²) in [6.07, 6.45) is 0. The summed E-state index contributed by atoms with van der Waals surface area (Å²) in [4.78, 5) is 0. The SMILES string of the molecule is CCn1nc2cccc(OC)c2c1C#N. The van der Waals surface area contributed by atoms with Gasteiger partial charge in [0, 0.05) is 6.54 Å². The molecule has 0 bridgehead atoms. The minimum atomic E-state index is 0.560. The molecule has 0 amide bonds. The number of rotatable bonds is 2. The summed E-state index contributed by atoms with van der Waals surface area (Å²) in [5, 5.41) is 14.2. The molecule has 2 aromatic rings. The lowest BCUT2D eigenvalue weighted by molar-refractivity contribution is 0.419. The number of benzene rings is 1. The van der Waals surface area contributed by atoms with Gasteiger partial charge >= 0.3 is 0 Å². The molecule has 0 aliphatic rings. The molecule has 4 heteroatoms. The number of nitrogens with zero attached hydrogens (tertiary/aromatic N) is 3. The molecule has 0 spiro atoms. The van der Waals surface area contributed by atoms with Crippen LogP contribution in [0, 0.1) is 11.3 Å². The zero-order chi connectivity index (χ0) is 10.8. The minimum Gasteiger partial charge on any atom is -0.496 e. The molecule has 4 nitrogen and oxygen atoms in total. The van der Waals surface area contributed by atoms with E-state index in [4.69, 9.17) is 10.00 Å². The van der Waals surface area contributed by atoms with Gasteiger partial charge in [-0.25, -0.2) is 0 Å². The number of aromatic nitrogens is 2. The summed E-state index contributed by atoms with van der Waals surface area (Å²) in [6.45, 7) is 2.64. The number of hydrogen-bond acceptors (Lipinski definition) is 3. The molecule has 0 N–H and O–H groups in total. The summed E-state index contributed by atoms with van der Waals surface area (Å²) < 4.78 is 6.91. The fourth-order valence-corrected chi connectivity index (χ4v) is 1.66. The summed E-state index contributed by atoms with van der Waals surface area (Å²) in [5.41, 5.74) is 1.36. The van der Waals surface area contributed by atoms with E-state index < -0.39 is 0 Å². The molecule has 0 aliphatic heterocycles. The first kappa shape index (κ1) is 9.53. The third-order valence-corrected chi connectivity index (χ3v) is 2.35. The van der Waals surface area contributed by atoms with Crippen LogP contribution in [-0.4, -0.2) is 16.9 Å². The van der Waals surface area contributed by atoms with E-state index in [0.29, 0.717) is 18.0 Å². The maximum absolute atomic E-state index is 9.09. The lowest BCUT2D eigenvalue weighted by Crippen LogP contribution is -1.99. The molecular formula is C11H11N3O. The van der Waals surface area contributed by atoms with E-state index >= 15 is 0 Å². The Morgan fingerprint density at radius 1 is 1.53 bits per heavy atom. The summed E-state index contributed by atoms with van der Waals surface area (Å²) in [6, 6.07) is 7.75. The predicted molar refractivity (Wildman–Crippen MR) is 56.7 cm³/mol. The number of hydrogen-bond donors (Lipinski definition) is 0. The van der Waals surface area contributed by atoms with Crippen molar-refractivity contribution in [3.8, 4) is 11.8 Å². The highest BCUT2D eigenvalue weighted by Gasteiger charge is 2.13. The lowest BCUT2D eigenvalue weighted by atomic mass is 10.2. The molecule has 2 rings (SSSR count). The standard InChI is InChI=1S/C11H11N3O/c1-3-14-9(7-12)11-8(13-14)5-4-6-10(11)15-2/h4-6H,3H2,1-2H3. The first-order valence-electron chi connectivity index (χ1n) is 4.75. The van der Waals surface area contributed by atoms with Crippen LogP contribution in [0.5, 0.6) is 5.75 Å². The molecule has 0 saturated heterocycles. The average molecular weight is 201 g/mol. The Kier molecular flexibility index (Phi) is 2.30. The molecule has 0 fully saturated rings. The monoisotopic (exact) mass is 201 g/mol. The van der Waals surface area contributed by atoms with E-state index in [1.54, 1.807) is 11.8 Å². The number of fused-ring (bicyclic) bond motifs is 1. The van der Waals surface area contributed by atoms with Crippen molar-refractivity contribution >= 4 is 10.9 Å². The second-order valence-electron chi connectivity index (χ2n) is 3.13. The smallest absolute Gasteiger partial charge is 0.150 e. The Bertz CT molecular complexity index is 536. The van der Waals surface area contributed by atoms with Gasteiger partial charge in [0.25, 0.3) is 0 Å². The van der Waals surface area contributed by atoms with Crippen LogP contribution in [0.25, 0.3) is 10.9 Å². The molecule has 76 valence electrons. The highest BCUT2D eigenvalue weighted by Crippen LogP contribution is 2.27. The van der Waals surface area contributed by atoms with Gasteiger partial charge in [-0.2, -0.15) is 10.4 Å². The first-order chi connectivity index (χ1) is 7.31. The van der Waals surface area contributed by atoms with E-state index in [2.05, 4.69) is 11.2 Å². The summed E-state index contributed by atoms with van der Waals surface area (Å²) in [5.74, 6) is 0.698.